The fourth-order valence-electron chi connectivity index (χ4n) is 2.70. The van der Waals surface area contributed by atoms with Crippen LogP contribution in [0.3, 0.4) is 0 Å². The molecule has 2 rings (SSSR count). The van der Waals surface area contributed by atoms with Crippen molar-refractivity contribution in [3.8, 4) is 0 Å². The van der Waals surface area contributed by atoms with Gasteiger partial charge in [0.1, 0.15) is 10.8 Å². The molecule has 1 aromatic rings. The van der Waals surface area contributed by atoms with Gasteiger partial charge in [0, 0.05) is 12.6 Å². The van der Waals surface area contributed by atoms with Gasteiger partial charge in [-0.2, -0.15) is 0 Å². The fourth-order valence-corrected chi connectivity index (χ4v) is 3.04. The summed E-state index contributed by atoms with van der Waals surface area (Å²) in [4.78, 5) is 18.2. The predicted molar refractivity (Wildman–Crippen MR) is 87.5 cm³/mol. The van der Waals surface area contributed by atoms with Gasteiger partial charge < -0.3 is 10.4 Å². The van der Waals surface area contributed by atoms with Crippen molar-refractivity contribution < 1.29 is 9.90 Å². The molecule has 1 saturated heterocycles. The van der Waals surface area contributed by atoms with Gasteiger partial charge in [0.05, 0.1) is 11.6 Å². The molecule has 2 heterocycles. The molecule has 0 bridgehead atoms. The summed E-state index contributed by atoms with van der Waals surface area (Å²) in [5.41, 5.74) is 0.161. The van der Waals surface area contributed by atoms with Gasteiger partial charge in [-0.3, -0.25) is 9.69 Å². The van der Waals surface area contributed by atoms with Crippen LogP contribution in [0, 0.1) is 0 Å². The first-order valence-corrected chi connectivity index (χ1v) is 8.32. The summed E-state index contributed by atoms with van der Waals surface area (Å²) in [6, 6.07) is 3.42. The highest BCUT2D eigenvalue weighted by molar-refractivity contribution is 6.34. The Bertz CT molecular complexity index is 514. The summed E-state index contributed by atoms with van der Waals surface area (Å²) in [7, 11) is 0. The van der Waals surface area contributed by atoms with E-state index in [9.17, 15) is 9.90 Å². The van der Waals surface area contributed by atoms with E-state index in [2.05, 4.69) is 15.2 Å². The normalized spacial score (nSPS) is 18.6. The number of hydrogen-bond acceptors (Lipinski definition) is 4. The van der Waals surface area contributed by atoms with Crippen molar-refractivity contribution in [1.29, 1.82) is 0 Å². The largest absolute Gasteiger partial charge is 0.395 e. The molecule has 2 N–H and O–H groups in total. The van der Waals surface area contributed by atoms with Crippen LogP contribution in [0.1, 0.15) is 36.2 Å². The third kappa shape index (κ3) is 4.81. The second kappa shape index (κ2) is 8.67. The molecule has 0 aliphatic carbocycles. The summed E-state index contributed by atoms with van der Waals surface area (Å²) in [6.07, 6.45) is 4.08. The number of amides is 1. The summed E-state index contributed by atoms with van der Waals surface area (Å²) in [6.45, 7) is 2.81. The Morgan fingerprint density at radius 1 is 1.41 bits per heavy atom. The molecule has 1 aromatic heterocycles. The number of halogens is 2. The van der Waals surface area contributed by atoms with Crippen molar-refractivity contribution in [3.63, 3.8) is 0 Å². The number of likely N-dealkylation sites (tertiary alicyclic amines) is 1. The number of pyridine rings is 1. The average Bonchev–Trinajstić information content (AvgIpc) is 2.96. The second-order valence-corrected chi connectivity index (χ2v) is 6.24. The van der Waals surface area contributed by atoms with E-state index in [0.29, 0.717) is 17.6 Å². The molecular formula is C15H21Cl2N3O2. The van der Waals surface area contributed by atoms with Crippen LogP contribution in [0.25, 0.3) is 0 Å². The number of aliphatic hydroxyl groups is 1. The van der Waals surface area contributed by atoms with Crippen molar-refractivity contribution in [2.45, 2.75) is 31.7 Å². The third-order valence-electron chi connectivity index (χ3n) is 3.89. The molecule has 1 atom stereocenters. The number of unbranched alkanes of at least 4 members (excludes halogenated alkanes) is 1. The number of rotatable bonds is 7. The molecule has 1 fully saturated rings. The highest BCUT2D eigenvalue weighted by Crippen LogP contribution is 2.17. The number of nitrogens with one attached hydrogen (secondary N) is 1. The van der Waals surface area contributed by atoms with E-state index in [-0.39, 0.29) is 23.4 Å². The molecule has 1 aliphatic heterocycles. The zero-order valence-corrected chi connectivity index (χ0v) is 13.9. The molecule has 22 heavy (non-hydrogen) atoms. The minimum atomic E-state index is -0.304. The molecule has 0 saturated carbocycles. The minimum absolute atomic E-state index is 0.161. The van der Waals surface area contributed by atoms with Crippen LogP contribution in [0.4, 0.5) is 0 Å². The van der Waals surface area contributed by atoms with Crippen LogP contribution in [-0.4, -0.2) is 53.2 Å². The highest BCUT2D eigenvalue weighted by atomic mass is 35.5. The smallest absolute Gasteiger partial charge is 0.271 e. The van der Waals surface area contributed by atoms with Gasteiger partial charge in [0.2, 0.25) is 0 Å². The van der Waals surface area contributed by atoms with Crippen molar-refractivity contribution in [2.75, 3.05) is 26.2 Å². The zero-order chi connectivity index (χ0) is 15.9. The lowest BCUT2D eigenvalue weighted by Gasteiger charge is -2.22. The Labute approximate surface area is 140 Å². The van der Waals surface area contributed by atoms with E-state index < -0.39 is 0 Å². The number of aliphatic hydroxyl groups excluding tert-OH is 1. The zero-order valence-electron chi connectivity index (χ0n) is 12.4. The Kier molecular flexibility index (Phi) is 6.89. The van der Waals surface area contributed by atoms with Crippen LogP contribution in [0.15, 0.2) is 12.1 Å². The summed E-state index contributed by atoms with van der Waals surface area (Å²) < 4.78 is 0. The molecule has 0 aromatic carbocycles. The molecule has 7 heteroatoms. The van der Waals surface area contributed by atoms with Gasteiger partial charge in [-0.1, -0.05) is 23.2 Å². The van der Waals surface area contributed by atoms with E-state index >= 15 is 0 Å². The Balaban J connectivity index is 1.68. The van der Waals surface area contributed by atoms with E-state index in [1.165, 1.54) is 0 Å². The number of nitrogens with zero attached hydrogens (tertiary/aromatic N) is 2. The second-order valence-electron chi connectivity index (χ2n) is 5.44. The average molecular weight is 346 g/mol. The summed E-state index contributed by atoms with van der Waals surface area (Å²) in [5, 5.41) is 12.6. The molecule has 1 aliphatic rings. The van der Waals surface area contributed by atoms with E-state index in [0.717, 1.165) is 38.8 Å². The van der Waals surface area contributed by atoms with Crippen LogP contribution < -0.4 is 5.32 Å². The maximum absolute atomic E-state index is 12.0. The molecule has 1 amide bonds. The van der Waals surface area contributed by atoms with Crippen molar-refractivity contribution >= 4 is 29.1 Å². The fraction of sp³-hybridized carbons (Fsp3) is 0.600. The van der Waals surface area contributed by atoms with Gasteiger partial charge in [0.15, 0.2) is 0 Å². The van der Waals surface area contributed by atoms with Crippen LogP contribution in [0.2, 0.25) is 10.2 Å². The number of aromatic nitrogens is 1. The molecule has 5 nitrogen and oxygen atoms in total. The van der Waals surface area contributed by atoms with Crippen molar-refractivity contribution in [3.05, 3.63) is 28.0 Å². The third-order valence-corrected chi connectivity index (χ3v) is 4.41. The van der Waals surface area contributed by atoms with Gasteiger partial charge in [-0.05, 0) is 50.9 Å². The highest BCUT2D eigenvalue weighted by Gasteiger charge is 2.22. The number of hydrogen-bond donors (Lipinski definition) is 2. The lowest BCUT2D eigenvalue weighted by Crippen LogP contribution is -2.33. The van der Waals surface area contributed by atoms with Crippen LogP contribution >= 0.6 is 23.2 Å². The number of carbonyl (C=O) groups is 1. The van der Waals surface area contributed by atoms with Crippen LogP contribution in [-0.2, 0) is 0 Å². The van der Waals surface area contributed by atoms with E-state index in [1.807, 2.05) is 0 Å². The SMILES string of the molecule is O=C(NCCCCN1CCCC1CO)c1nc(Cl)ccc1Cl. The Morgan fingerprint density at radius 2 is 2.23 bits per heavy atom. The molecule has 0 radical (unpaired) electrons. The first-order chi connectivity index (χ1) is 10.6. The van der Waals surface area contributed by atoms with Crippen molar-refractivity contribution in [2.24, 2.45) is 0 Å². The van der Waals surface area contributed by atoms with Gasteiger partial charge in [-0.25, -0.2) is 4.98 Å². The topological polar surface area (TPSA) is 65.5 Å². The van der Waals surface area contributed by atoms with Crippen molar-refractivity contribution in [1.82, 2.24) is 15.2 Å². The lowest BCUT2D eigenvalue weighted by atomic mass is 10.2. The molecular weight excluding hydrogens is 325 g/mol. The van der Waals surface area contributed by atoms with E-state index in [4.69, 9.17) is 23.2 Å². The molecule has 1 unspecified atom stereocenters. The monoisotopic (exact) mass is 345 g/mol. The minimum Gasteiger partial charge on any atom is -0.395 e. The summed E-state index contributed by atoms with van der Waals surface area (Å²) in [5.74, 6) is -0.304. The maximum atomic E-state index is 12.0. The predicted octanol–water partition coefficient (Wildman–Crippen LogP) is 2.36. The summed E-state index contributed by atoms with van der Waals surface area (Å²) >= 11 is 11.7. The van der Waals surface area contributed by atoms with Gasteiger partial charge in [-0.15, -0.1) is 0 Å². The first-order valence-electron chi connectivity index (χ1n) is 7.57. The van der Waals surface area contributed by atoms with Gasteiger partial charge in [0.25, 0.3) is 5.91 Å². The first kappa shape index (κ1) is 17.5. The lowest BCUT2D eigenvalue weighted by molar-refractivity contribution is 0.0947. The Hall–Kier alpha value is -0.880. The molecule has 122 valence electrons. The van der Waals surface area contributed by atoms with Gasteiger partial charge >= 0.3 is 0 Å². The number of carbonyl (C=O) groups excluding carboxylic acids is 1. The van der Waals surface area contributed by atoms with Crippen LogP contribution in [0.5, 0.6) is 0 Å². The van der Waals surface area contributed by atoms with E-state index in [1.54, 1.807) is 12.1 Å². The maximum Gasteiger partial charge on any atom is 0.271 e. The quantitative estimate of drug-likeness (QED) is 0.588. The Morgan fingerprint density at radius 3 is 3.00 bits per heavy atom. The molecule has 0 spiro atoms. The standard InChI is InChI=1S/C15H21Cl2N3O2/c16-12-5-6-13(17)19-14(12)15(22)18-7-1-2-8-20-9-3-4-11(20)10-21/h5-6,11,21H,1-4,7-10H2,(H,18,22).